The average molecular weight is 224 g/mol. The van der Waals surface area contributed by atoms with Crippen molar-refractivity contribution in [3.63, 3.8) is 0 Å². The minimum Gasteiger partial charge on any atom is -0.336 e. The minimum atomic E-state index is -0.397. The van der Waals surface area contributed by atoms with E-state index in [9.17, 15) is 4.39 Å². The summed E-state index contributed by atoms with van der Waals surface area (Å²) in [7, 11) is 0. The van der Waals surface area contributed by atoms with Crippen LogP contribution in [0.3, 0.4) is 0 Å². The molecule has 1 rings (SSSR count). The first-order valence-electron chi connectivity index (χ1n) is 3.01. The van der Waals surface area contributed by atoms with Crippen molar-refractivity contribution in [1.29, 1.82) is 0 Å². The van der Waals surface area contributed by atoms with Crippen molar-refractivity contribution in [3.05, 3.63) is 29.0 Å². The van der Waals surface area contributed by atoms with Gasteiger partial charge in [0.1, 0.15) is 5.82 Å². The Morgan fingerprint density at radius 2 is 2.17 bits per heavy atom. The van der Waals surface area contributed by atoms with Crippen LogP contribution in [0.4, 0.5) is 10.1 Å². The molecule has 0 aliphatic rings. The Kier molecular flexibility index (Phi) is 3.26. The summed E-state index contributed by atoms with van der Waals surface area (Å²) >= 11 is 15.6. The van der Waals surface area contributed by atoms with Gasteiger partial charge in [-0.25, -0.2) is 4.39 Å². The number of nitrogens with one attached hydrogen (secondary N) is 1. The van der Waals surface area contributed by atoms with Gasteiger partial charge in [0.2, 0.25) is 0 Å². The first kappa shape index (κ1) is 9.71. The Morgan fingerprint density at radius 1 is 1.50 bits per heavy atom. The molecule has 64 valence electrons. The molecule has 0 heterocycles. The summed E-state index contributed by atoms with van der Waals surface area (Å²) in [6.45, 7) is 0. The number of benzene rings is 1. The lowest BCUT2D eigenvalue weighted by Gasteiger charge is -2.03. The second kappa shape index (κ2) is 4.03. The molecule has 0 aromatic heterocycles. The van der Waals surface area contributed by atoms with Crippen molar-refractivity contribution in [2.45, 2.75) is 0 Å². The fourth-order valence-corrected chi connectivity index (χ4v) is 1.12. The molecule has 12 heavy (non-hydrogen) atoms. The van der Waals surface area contributed by atoms with Crippen LogP contribution in [0.2, 0.25) is 5.02 Å². The van der Waals surface area contributed by atoms with Crippen LogP contribution in [0.15, 0.2) is 18.2 Å². The van der Waals surface area contributed by atoms with Crippen molar-refractivity contribution in [3.8, 4) is 0 Å². The standard InChI is InChI=1S/C7H4Cl2FNS/c8-5-3-4(10)1-2-6(5)11-7(9)12/h1-3H,(H,11,12). The first-order valence-corrected chi connectivity index (χ1v) is 4.17. The van der Waals surface area contributed by atoms with Crippen molar-refractivity contribution in [1.82, 2.24) is 0 Å². The van der Waals surface area contributed by atoms with Gasteiger partial charge >= 0.3 is 0 Å². The summed E-state index contributed by atoms with van der Waals surface area (Å²) in [6.07, 6.45) is 0. The van der Waals surface area contributed by atoms with E-state index in [0.717, 1.165) is 0 Å². The molecule has 0 radical (unpaired) electrons. The molecule has 0 amide bonds. The molecule has 1 aromatic carbocycles. The van der Waals surface area contributed by atoms with Gasteiger partial charge in [-0.15, -0.1) is 0 Å². The van der Waals surface area contributed by atoms with Gasteiger partial charge in [-0.2, -0.15) is 0 Å². The van der Waals surface area contributed by atoms with Gasteiger partial charge in [0.05, 0.1) is 10.7 Å². The van der Waals surface area contributed by atoms with Crippen LogP contribution in [-0.4, -0.2) is 4.45 Å². The summed E-state index contributed by atoms with van der Waals surface area (Å²) in [5.41, 5.74) is 0.498. The van der Waals surface area contributed by atoms with Gasteiger partial charge in [0.25, 0.3) is 0 Å². The molecule has 0 saturated heterocycles. The Bertz CT molecular complexity index is 316. The lowest BCUT2D eigenvalue weighted by Crippen LogP contribution is -2.01. The topological polar surface area (TPSA) is 12.0 Å². The van der Waals surface area contributed by atoms with E-state index in [-0.39, 0.29) is 9.47 Å². The molecule has 1 aromatic rings. The zero-order chi connectivity index (χ0) is 9.14. The molecule has 0 spiro atoms. The van der Waals surface area contributed by atoms with E-state index < -0.39 is 5.82 Å². The highest BCUT2D eigenvalue weighted by atomic mass is 35.5. The van der Waals surface area contributed by atoms with Gasteiger partial charge in [-0.05, 0) is 30.4 Å². The Balaban J connectivity index is 2.93. The maximum Gasteiger partial charge on any atom is 0.171 e. The fourth-order valence-electron chi connectivity index (χ4n) is 0.697. The number of anilines is 1. The van der Waals surface area contributed by atoms with Crippen LogP contribution in [0.1, 0.15) is 0 Å². The van der Waals surface area contributed by atoms with Crippen LogP contribution in [0.25, 0.3) is 0 Å². The smallest absolute Gasteiger partial charge is 0.171 e. The van der Waals surface area contributed by atoms with E-state index in [0.29, 0.717) is 5.69 Å². The van der Waals surface area contributed by atoms with Crippen molar-refractivity contribution >= 4 is 45.6 Å². The summed E-state index contributed by atoms with van der Waals surface area (Å²) in [4.78, 5) is 0. The molecule has 0 fully saturated rings. The molecule has 5 heteroatoms. The van der Waals surface area contributed by atoms with Gasteiger partial charge in [-0.3, -0.25) is 0 Å². The molecule has 0 unspecified atom stereocenters. The van der Waals surface area contributed by atoms with Gasteiger partial charge in [0, 0.05) is 0 Å². The summed E-state index contributed by atoms with van der Waals surface area (Å²) in [5.74, 6) is -0.397. The van der Waals surface area contributed by atoms with E-state index in [1.165, 1.54) is 18.2 Å². The molecular formula is C7H4Cl2FNS. The predicted octanol–water partition coefficient (Wildman–Crippen LogP) is 3.41. The third kappa shape index (κ3) is 2.59. The number of hydrogen-bond donors (Lipinski definition) is 1. The zero-order valence-corrected chi connectivity index (χ0v) is 8.10. The summed E-state index contributed by atoms with van der Waals surface area (Å²) in [6, 6.07) is 3.91. The maximum atomic E-state index is 12.5. The molecule has 0 aliphatic carbocycles. The van der Waals surface area contributed by atoms with Crippen molar-refractivity contribution in [2.75, 3.05) is 5.32 Å². The Labute approximate surface area is 84.5 Å². The Morgan fingerprint density at radius 3 is 2.67 bits per heavy atom. The fraction of sp³-hybridized carbons (Fsp3) is 0. The highest BCUT2D eigenvalue weighted by Gasteiger charge is 2.01. The summed E-state index contributed by atoms with van der Waals surface area (Å²) in [5, 5.41) is 2.85. The van der Waals surface area contributed by atoms with Crippen molar-refractivity contribution < 1.29 is 4.39 Å². The van der Waals surface area contributed by atoms with Crippen LogP contribution in [-0.2, 0) is 0 Å². The van der Waals surface area contributed by atoms with Gasteiger partial charge < -0.3 is 5.32 Å². The van der Waals surface area contributed by atoms with Gasteiger partial charge in [-0.1, -0.05) is 23.2 Å². The Hall–Kier alpha value is -0.380. The second-order valence-corrected chi connectivity index (χ2v) is 3.44. The third-order valence-corrected chi connectivity index (χ3v) is 1.67. The van der Waals surface area contributed by atoms with Crippen LogP contribution >= 0.6 is 35.4 Å². The molecule has 0 bridgehead atoms. The minimum absolute atomic E-state index is 0.0727. The molecule has 0 saturated carbocycles. The summed E-state index contributed by atoms with van der Waals surface area (Å²) < 4.78 is 12.6. The third-order valence-electron chi connectivity index (χ3n) is 1.16. The highest BCUT2D eigenvalue weighted by Crippen LogP contribution is 2.22. The number of thiocarbonyl (C=S) groups is 1. The van der Waals surface area contributed by atoms with Crippen LogP contribution in [0, 0.1) is 5.82 Å². The quantitative estimate of drug-likeness (QED) is 0.445. The number of hydrogen-bond acceptors (Lipinski definition) is 1. The van der Waals surface area contributed by atoms with Gasteiger partial charge in [0.15, 0.2) is 4.45 Å². The number of halogens is 3. The molecule has 1 N–H and O–H groups in total. The molecular weight excluding hydrogens is 220 g/mol. The largest absolute Gasteiger partial charge is 0.336 e. The molecule has 0 atom stereocenters. The first-order chi connectivity index (χ1) is 5.59. The van der Waals surface area contributed by atoms with Crippen molar-refractivity contribution in [2.24, 2.45) is 0 Å². The average Bonchev–Trinajstić information content (AvgIpc) is 1.94. The van der Waals surface area contributed by atoms with E-state index in [2.05, 4.69) is 17.5 Å². The number of rotatable bonds is 1. The lowest BCUT2D eigenvalue weighted by atomic mass is 10.3. The lowest BCUT2D eigenvalue weighted by molar-refractivity contribution is 0.628. The maximum absolute atomic E-state index is 12.5. The highest BCUT2D eigenvalue weighted by molar-refractivity contribution is 7.83. The van der Waals surface area contributed by atoms with Crippen LogP contribution in [0.5, 0.6) is 0 Å². The van der Waals surface area contributed by atoms with E-state index in [1.807, 2.05) is 0 Å². The molecule has 0 aliphatic heterocycles. The van der Waals surface area contributed by atoms with E-state index >= 15 is 0 Å². The van der Waals surface area contributed by atoms with E-state index in [1.54, 1.807) is 0 Å². The monoisotopic (exact) mass is 223 g/mol. The normalized spacial score (nSPS) is 9.58. The SMILES string of the molecule is Fc1ccc(NC(=S)Cl)c(Cl)c1. The zero-order valence-electron chi connectivity index (χ0n) is 5.77. The predicted molar refractivity (Wildman–Crippen MR) is 53.5 cm³/mol. The van der Waals surface area contributed by atoms with Crippen LogP contribution < -0.4 is 5.32 Å². The molecule has 1 nitrogen and oxygen atoms in total. The van der Waals surface area contributed by atoms with E-state index in [4.69, 9.17) is 23.2 Å². The second-order valence-electron chi connectivity index (χ2n) is 2.02.